The van der Waals surface area contributed by atoms with Gasteiger partial charge in [-0.15, -0.1) is 0 Å². The molecule has 112 valence electrons. The van der Waals surface area contributed by atoms with E-state index in [9.17, 15) is 17.2 Å². The second kappa shape index (κ2) is 6.22. The monoisotopic (exact) mass is 311 g/mol. The molecule has 0 aliphatic heterocycles. The van der Waals surface area contributed by atoms with Gasteiger partial charge in [-0.2, -0.15) is 8.78 Å². The molecule has 6 heteroatoms. The van der Waals surface area contributed by atoms with Crippen LogP contribution >= 0.6 is 0 Å². The molecule has 1 N–H and O–H groups in total. The zero-order valence-corrected chi connectivity index (χ0v) is 12.2. The number of hydrogen-bond donors (Lipinski definition) is 1. The maximum atomic E-state index is 12.7. The summed E-state index contributed by atoms with van der Waals surface area (Å²) in [7, 11) is -4.62. The van der Waals surface area contributed by atoms with Gasteiger partial charge in [0, 0.05) is 6.54 Å². The van der Waals surface area contributed by atoms with Crippen molar-refractivity contribution in [3.8, 4) is 0 Å². The lowest BCUT2D eigenvalue weighted by molar-refractivity contribution is 0.235. The lowest BCUT2D eigenvalue weighted by Crippen LogP contribution is -2.14. The summed E-state index contributed by atoms with van der Waals surface area (Å²) in [6.07, 6.45) is 0. The van der Waals surface area contributed by atoms with Crippen molar-refractivity contribution in [2.75, 3.05) is 5.32 Å². The number of rotatable bonds is 5. The highest BCUT2D eigenvalue weighted by molar-refractivity contribution is 7.91. The Morgan fingerprint density at radius 3 is 2.33 bits per heavy atom. The SMILES string of the molecule is Cc1ccccc1CNc1ccccc1S(=O)(=O)C(F)F. The number of aryl methyl sites for hydroxylation is 1. The molecule has 0 saturated carbocycles. The molecule has 0 aliphatic rings. The standard InChI is InChI=1S/C15H15F2NO2S/c1-11-6-2-3-7-12(11)10-18-13-8-4-5-9-14(13)21(19,20)15(16)17/h2-9,15,18H,10H2,1H3. The van der Waals surface area contributed by atoms with Crippen LogP contribution in [0.15, 0.2) is 53.4 Å². The van der Waals surface area contributed by atoms with Crippen LogP contribution in [0.1, 0.15) is 11.1 Å². The lowest BCUT2D eigenvalue weighted by atomic mass is 10.1. The molecule has 2 aromatic carbocycles. The molecule has 0 heterocycles. The lowest BCUT2D eigenvalue weighted by Gasteiger charge is -2.13. The van der Waals surface area contributed by atoms with Crippen LogP contribution in [0, 0.1) is 6.92 Å². The maximum Gasteiger partial charge on any atom is 0.341 e. The summed E-state index contributed by atoms with van der Waals surface area (Å²) >= 11 is 0. The van der Waals surface area contributed by atoms with Gasteiger partial charge in [0.05, 0.1) is 10.6 Å². The van der Waals surface area contributed by atoms with Gasteiger partial charge in [-0.25, -0.2) is 8.42 Å². The quantitative estimate of drug-likeness (QED) is 0.917. The smallest absolute Gasteiger partial charge is 0.341 e. The van der Waals surface area contributed by atoms with Crippen molar-refractivity contribution in [3.63, 3.8) is 0 Å². The van der Waals surface area contributed by atoms with Crippen molar-refractivity contribution in [3.05, 3.63) is 59.7 Å². The van der Waals surface area contributed by atoms with E-state index in [0.717, 1.165) is 11.1 Å². The molecule has 0 bridgehead atoms. The van der Waals surface area contributed by atoms with Crippen LogP contribution in [0.4, 0.5) is 14.5 Å². The molecule has 0 amide bonds. The van der Waals surface area contributed by atoms with Crippen molar-refractivity contribution in [1.82, 2.24) is 0 Å². The number of halogens is 2. The molecular weight excluding hydrogens is 296 g/mol. The molecule has 2 aromatic rings. The molecule has 0 fully saturated rings. The third-order valence-electron chi connectivity index (χ3n) is 3.16. The molecule has 0 spiro atoms. The maximum absolute atomic E-state index is 12.7. The number of anilines is 1. The first-order valence-corrected chi connectivity index (χ1v) is 7.87. The summed E-state index contributed by atoms with van der Waals surface area (Å²) in [6, 6.07) is 13.3. The highest BCUT2D eigenvalue weighted by Gasteiger charge is 2.28. The molecule has 0 saturated heterocycles. The van der Waals surface area contributed by atoms with Crippen LogP contribution in [0.3, 0.4) is 0 Å². The number of nitrogens with one attached hydrogen (secondary N) is 1. The Morgan fingerprint density at radius 2 is 1.67 bits per heavy atom. The Kier molecular flexibility index (Phi) is 4.57. The van der Waals surface area contributed by atoms with E-state index in [0.29, 0.717) is 6.54 Å². The van der Waals surface area contributed by atoms with Gasteiger partial charge < -0.3 is 5.32 Å². The summed E-state index contributed by atoms with van der Waals surface area (Å²) in [6.45, 7) is 2.29. The minimum Gasteiger partial charge on any atom is -0.380 e. The van der Waals surface area contributed by atoms with E-state index in [1.807, 2.05) is 31.2 Å². The van der Waals surface area contributed by atoms with Crippen molar-refractivity contribution in [1.29, 1.82) is 0 Å². The van der Waals surface area contributed by atoms with Gasteiger partial charge in [0.25, 0.3) is 0 Å². The summed E-state index contributed by atoms with van der Waals surface area (Å²) in [5.41, 5.74) is 2.20. The third kappa shape index (κ3) is 3.39. The van der Waals surface area contributed by atoms with Crippen LogP contribution in [-0.2, 0) is 16.4 Å². The van der Waals surface area contributed by atoms with E-state index < -0.39 is 15.6 Å². The molecule has 0 atom stereocenters. The molecule has 0 radical (unpaired) electrons. The normalized spacial score (nSPS) is 11.6. The van der Waals surface area contributed by atoms with Crippen molar-refractivity contribution in [2.24, 2.45) is 0 Å². The van der Waals surface area contributed by atoms with E-state index in [4.69, 9.17) is 0 Å². The van der Waals surface area contributed by atoms with Crippen molar-refractivity contribution >= 4 is 15.5 Å². The van der Waals surface area contributed by atoms with Crippen molar-refractivity contribution < 1.29 is 17.2 Å². The average molecular weight is 311 g/mol. The van der Waals surface area contributed by atoms with Gasteiger partial charge in [-0.05, 0) is 30.2 Å². The predicted octanol–water partition coefficient (Wildman–Crippen LogP) is 3.60. The second-order valence-electron chi connectivity index (χ2n) is 4.58. The minimum atomic E-state index is -4.62. The Bertz CT molecular complexity index is 730. The van der Waals surface area contributed by atoms with Gasteiger partial charge in [-0.3, -0.25) is 0 Å². The zero-order chi connectivity index (χ0) is 15.5. The molecule has 2 rings (SSSR count). The fraction of sp³-hybridized carbons (Fsp3) is 0.200. The van der Waals surface area contributed by atoms with Crippen LogP contribution < -0.4 is 5.32 Å². The fourth-order valence-corrected chi connectivity index (χ4v) is 2.86. The van der Waals surface area contributed by atoms with Crippen LogP contribution in [-0.4, -0.2) is 14.2 Å². The van der Waals surface area contributed by atoms with Crippen LogP contribution in [0.5, 0.6) is 0 Å². The Labute approximate surface area is 122 Å². The summed E-state index contributed by atoms with van der Waals surface area (Å²) in [5.74, 6) is -3.43. The average Bonchev–Trinajstić information content (AvgIpc) is 2.46. The highest BCUT2D eigenvalue weighted by atomic mass is 32.2. The summed E-state index contributed by atoms with van der Waals surface area (Å²) in [4.78, 5) is -0.381. The van der Waals surface area contributed by atoms with Gasteiger partial charge in [-0.1, -0.05) is 36.4 Å². The van der Waals surface area contributed by atoms with Gasteiger partial charge >= 0.3 is 5.76 Å². The van der Waals surface area contributed by atoms with E-state index in [-0.39, 0.29) is 10.6 Å². The number of alkyl halides is 2. The van der Waals surface area contributed by atoms with Crippen molar-refractivity contribution in [2.45, 2.75) is 24.1 Å². The van der Waals surface area contributed by atoms with Crippen LogP contribution in [0.25, 0.3) is 0 Å². The minimum absolute atomic E-state index is 0.182. The first-order chi connectivity index (χ1) is 9.93. The van der Waals surface area contributed by atoms with Gasteiger partial charge in [0.2, 0.25) is 9.84 Å². The first-order valence-electron chi connectivity index (χ1n) is 6.32. The molecular formula is C15H15F2NO2S. The number of para-hydroxylation sites is 1. The zero-order valence-electron chi connectivity index (χ0n) is 11.4. The molecule has 0 unspecified atom stereocenters. The highest BCUT2D eigenvalue weighted by Crippen LogP contribution is 2.26. The number of sulfone groups is 1. The predicted molar refractivity (Wildman–Crippen MR) is 78.1 cm³/mol. The topological polar surface area (TPSA) is 46.2 Å². The largest absolute Gasteiger partial charge is 0.380 e. The molecule has 0 aromatic heterocycles. The number of hydrogen-bond acceptors (Lipinski definition) is 3. The molecule has 3 nitrogen and oxygen atoms in total. The summed E-state index contributed by atoms with van der Waals surface area (Å²) in [5, 5.41) is 2.92. The van der Waals surface area contributed by atoms with Crippen LogP contribution in [0.2, 0.25) is 0 Å². The number of benzene rings is 2. The summed E-state index contributed by atoms with van der Waals surface area (Å²) < 4.78 is 48.7. The van der Waals surface area contributed by atoms with E-state index in [1.54, 1.807) is 6.07 Å². The third-order valence-corrected chi connectivity index (χ3v) is 4.60. The fourth-order valence-electron chi connectivity index (χ4n) is 1.96. The Morgan fingerprint density at radius 1 is 1.05 bits per heavy atom. The first kappa shape index (κ1) is 15.4. The van der Waals surface area contributed by atoms with E-state index >= 15 is 0 Å². The van der Waals surface area contributed by atoms with Gasteiger partial charge in [0.1, 0.15) is 0 Å². The Balaban J connectivity index is 2.28. The Hall–Kier alpha value is -1.95. The van der Waals surface area contributed by atoms with E-state index in [1.165, 1.54) is 18.2 Å². The van der Waals surface area contributed by atoms with Gasteiger partial charge in [0.15, 0.2) is 0 Å². The second-order valence-corrected chi connectivity index (χ2v) is 6.47. The molecule has 21 heavy (non-hydrogen) atoms. The van der Waals surface area contributed by atoms with E-state index in [2.05, 4.69) is 5.32 Å². The molecule has 0 aliphatic carbocycles.